The number of benzene rings is 1. The number of aromatic nitrogens is 4. The van der Waals surface area contributed by atoms with Crippen LogP contribution in [-0.4, -0.2) is 57.1 Å². The van der Waals surface area contributed by atoms with E-state index in [2.05, 4.69) is 16.8 Å². The SMILES string of the molecule is CCN1CCN(c2nc(=O)n(-c3c(C4CC4)ccnc3C3CC3)c3nc(-c4c(N)cccc4F)c(F)cc23)CC1. The minimum atomic E-state index is -0.722. The van der Waals surface area contributed by atoms with E-state index in [4.69, 9.17) is 15.7 Å². The number of rotatable bonds is 6. The lowest BCUT2D eigenvalue weighted by Crippen LogP contribution is -2.47. The summed E-state index contributed by atoms with van der Waals surface area (Å²) in [5, 5.41) is 0.410. The van der Waals surface area contributed by atoms with Gasteiger partial charge in [-0.2, -0.15) is 4.98 Å². The summed E-state index contributed by atoms with van der Waals surface area (Å²) in [6.45, 7) is 5.96. The Hall–Kier alpha value is -3.92. The highest BCUT2D eigenvalue weighted by Gasteiger charge is 2.35. The second-order valence-corrected chi connectivity index (χ2v) is 11.1. The van der Waals surface area contributed by atoms with E-state index in [1.165, 1.54) is 28.8 Å². The first-order chi connectivity index (χ1) is 19.4. The summed E-state index contributed by atoms with van der Waals surface area (Å²) in [6.07, 6.45) is 5.85. The maximum Gasteiger partial charge on any atom is 0.355 e. The number of anilines is 2. The first-order valence-electron chi connectivity index (χ1n) is 14.1. The van der Waals surface area contributed by atoms with Crippen LogP contribution in [0.5, 0.6) is 0 Å². The molecule has 0 unspecified atom stereocenters. The predicted molar refractivity (Wildman–Crippen MR) is 151 cm³/mol. The number of piperazine rings is 1. The van der Waals surface area contributed by atoms with Gasteiger partial charge >= 0.3 is 5.69 Å². The summed E-state index contributed by atoms with van der Waals surface area (Å²) in [5.74, 6) is -0.429. The van der Waals surface area contributed by atoms with Crippen LogP contribution in [0.3, 0.4) is 0 Å². The summed E-state index contributed by atoms with van der Waals surface area (Å²) in [6, 6.07) is 7.51. The zero-order valence-electron chi connectivity index (χ0n) is 22.4. The molecule has 0 bridgehead atoms. The van der Waals surface area contributed by atoms with Crippen LogP contribution in [0.1, 0.15) is 55.7 Å². The Morgan fingerprint density at radius 1 is 0.975 bits per heavy atom. The molecule has 4 heterocycles. The van der Waals surface area contributed by atoms with Gasteiger partial charge in [0.15, 0.2) is 11.5 Å². The number of halogens is 2. The van der Waals surface area contributed by atoms with Crippen molar-refractivity contribution in [3.63, 3.8) is 0 Å². The molecule has 0 amide bonds. The van der Waals surface area contributed by atoms with Gasteiger partial charge in [-0.15, -0.1) is 0 Å². The lowest BCUT2D eigenvalue weighted by Gasteiger charge is -2.35. The molecule has 7 rings (SSSR count). The third-order valence-electron chi connectivity index (χ3n) is 8.39. The van der Waals surface area contributed by atoms with Crippen molar-refractivity contribution in [1.29, 1.82) is 0 Å². The minimum Gasteiger partial charge on any atom is -0.398 e. The van der Waals surface area contributed by atoms with Crippen LogP contribution in [0.15, 0.2) is 41.3 Å². The van der Waals surface area contributed by atoms with E-state index < -0.39 is 17.3 Å². The van der Waals surface area contributed by atoms with Gasteiger partial charge in [-0.25, -0.2) is 23.1 Å². The summed E-state index contributed by atoms with van der Waals surface area (Å²) in [4.78, 5) is 32.3. The van der Waals surface area contributed by atoms with E-state index >= 15 is 8.78 Å². The standard InChI is InChI=1S/C30H31F2N7O/c1-2-37-12-14-38(15-13-37)28-20-16-22(32)26(24-21(31)4-3-5-23(24)33)35-29(20)39(30(40)36-28)27-19(17-6-7-17)10-11-34-25(27)18-8-9-18/h3-5,10-11,16-18H,2,6-9,12-15,33H2,1H3. The maximum absolute atomic E-state index is 15.9. The maximum atomic E-state index is 15.9. The van der Waals surface area contributed by atoms with Crippen LogP contribution in [0.4, 0.5) is 20.3 Å². The fourth-order valence-electron chi connectivity index (χ4n) is 5.90. The smallest absolute Gasteiger partial charge is 0.355 e. The average molecular weight is 544 g/mol. The molecule has 1 saturated heterocycles. The van der Waals surface area contributed by atoms with Gasteiger partial charge in [0.2, 0.25) is 0 Å². The van der Waals surface area contributed by atoms with E-state index in [1.54, 1.807) is 0 Å². The third-order valence-corrected chi connectivity index (χ3v) is 8.39. The van der Waals surface area contributed by atoms with Crippen LogP contribution in [0.25, 0.3) is 28.0 Å². The molecule has 1 aliphatic heterocycles. The highest BCUT2D eigenvalue weighted by molar-refractivity contribution is 5.91. The second kappa shape index (κ2) is 9.62. The van der Waals surface area contributed by atoms with Crippen molar-refractivity contribution in [2.45, 2.75) is 44.4 Å². The number of hydrogen-bond acceptors (Lipinski definition) is 7. The largest absolute Gasteiger partial charge is 0.398 e. The average Bonchev–Trinajstić information content (AvgIpc) is 3.87. The third kappa shape index (κ3) is 4.21. The van der Waals surface area contributed by atoms with Crippen molar-refractivity contribution in [2.75, 3.05) is 43.4 Å². The molecular formula is C30H31F2N7O. The number of likely N-dealkylation sites (N-methyl/N-ethyl adjacent to an activating group) is 1. The molecule has 0 spiro atoms. The van der Waals surface area contributed by atoms with Crippen molar-refractivity contribution in [3.8, 4) is 16.9 Å². The Morgan fingerprint density at radius 2 is 1.73 bits per heavy atom. The Morgan fingerprint density at radius 3 is 2.40 bits per heavy atom. The molecule has 3 aliphatic rings. The number of nitrogens with zero attached hydrogens (tertiary/aromatic N) is 6. The van der Waals surface area contributed by atoms with Gasteiger partial charge < -0.3 is 15.5 Å². The van der Waals surface area contributed by atoms with Crippen LogP contribution >= 0.6 is 0 Å². The molecule has 2 saturated carbocycles. The van der Waals surface area contributed by atoms with Gasteiger partial charge in [0, 0.05) is 44.0 Å². The first-order valence-corrected chi connectivity index (χ1v) is 14.1. The van der Waals surface area contributed by atoms with Gasteiger partial charge in [0.05, 0.1) is 22.3 Å². The fraction of sp³-hybridized carbons (Fsp3) is 0.400. The lowest BCUT2D eigenvalue weighted by molar-refractivity contribution is 0.270. The second-order valence-electron chi connectivity index (χ2n) is 11.1. The van der Waals surface area contributed by atoms with Crippen LogP contribution in [0.2, 0.25) is 0 Å². The molecule has 2 N–H and O–H groups in total. The fourth-order valence-corrected chi connectivity index (χ4v) is 5.90. The zero-order chi connectivity index (χ0) is 27.5. The van der Waals surface area contributed by atoms with Gasteiger partial charge in [-0.1, -0.05) is 13.0 Å². The molecular weight excluding hydrogens is 512 g/mol. The molecule has 3 fully saturated rings. The van der Waals surface area contributed by atoms with Crippen molar-refractivity contribution >= 4 is 22.5 Å². The van der Waals surface area contributed by atoms with E-state index in [1.807, 2.05) is 17.2 Å². The number of fused-ring (bicyclic) bond motifs is 1. The van der Waals surface area contributed by atoms with Gasteiger partial charge in [-0.3, -0.25) is 4.98 Å². The molecule has 10 heteroatoms. The topological polar surface area (TPSA) is 93.2 Å². The highest BCUT2D eigenvalue weighted by atomic mass is 19.1. The molecule has 8 nitrogen and oxygen atoms in total. The Bertz CT molecular complexity index is 1640. The van der Waals surface area contributed by atoms with E-state index in [9.17, 15) is 4.79 Å². The Balaban J connectivity index is 1.53. The Labute approximate surface area is 230 Å². The molecule has 0 atom stereocenters. The van der Waals surface area contributed by atoms with Gasteiger partial charge in [0.1, 0.15) is 17.3 Å². The van der Waals surface area contributed by atoms with Crippen molar-refractivity contribution < 1.29 is 8.78 Å². The Kier molecular flexibility index (Phi) is 6.03. The summed E-state index contributed by atoms with van der Waals surface area (Å²) in [5.41, 5.74) is 8.16. The number of hydrogen-bond donors (Lipinski definition) is 1. The molecule has 2 aliphatic carbocycles. The van der Waals surface area contributed by atoms with Crippen LogP contribution < -0.4 is 16.3 Å². The molecule has 40 heavy (non-hydrogen) atoms. The molecule has 3 aromatic heterocycles. The van der Waals surface area contributed by atoms with Crippen LogP contribution in [0, 0.1) is 11.6 Å². The van der Waals surface area contributed by atoms with E-state index in [-0.39, 0.29) is 28.5 Å². The van der Waals surface area contributed by atoms with Crippen LogP contribution in [-0.2, 0) is 0 Å². The number of pyridine rings is 2. The summed E-state index contributed by atoms with van der Waals surface area (Å²) < 4.78 is 32.4. The molecule has 206 valence electrons. The number of nitrogens with two attached hydrogens (primary N) is 1. The first kappa shape index (κ1) is 25.1. The lowest BCUT2D eigenvalue weighted by atomic mass is 10.0. The van der Waals surface area contributed by atoms with Crippen molar-refractivity contribution in [2.24, 2.45) is 0 Å². The van der Waals surface area contributed by atoms with E-state index in [0.717, 1.165) is 56.6 Å². The summed E-state index contributed by atoms with van der Waals surface area (Å²) >= 11 is 0. The highest BCUT2D eigenvalue weighted by Crippen LogP contribution is 2.48. The van der Waals surface area contributed by atoms with E-state index in [0.29, 0.717) is 35.9 Å². The van der Waals surface area contributed by atoms with Gasteiger partial charge in [-0.05, 0) is 68.0 Å². The summed E-state index contributed by atoms with van der Waals surface area (Å²) in [7, 11) is 0. The minimum absolute atomic E-state index is 0.0725. The molecule has 0 radical (unpaired) electrons. The zero-order valence-corrected chi connectivity index (χ0v) is 22.4. The van der Waals surface area contributed by atoms with Crippen molar-refractivity contribution in [3.05, 3.63) is 69.9 Å². The number of nitrogen functional groups attached to an aromatic ring is 1. The molecule has 1 aromatic carbocycles. The quantitative estimate of drug-likeness (QED) is 0.355. The molecule has 4 aromatic rings. The normalized spacial score (nSPS) is 18.0. The predicted octanol–water partition coefficient (Wildman–Crippen LogP) is 4.60. The van der Waals surface area contributed by atoms with Gasteiger partial charge in [0.25, 0.3) is 0 Å². The monoisotopic (exact) mass is 543 g/mol. The van der Waals surface area contributed by atoms with Crippen molar-refractivity contribution in [1.82, 2.24) is 24.4 Å².